The summed E-state index contributed by atoms with van der Waals surface area (Å²) in [5.74, 6) is -0.499. The van der Waals surface area contributed by atoms with E-state index in [0.29, 0.717) is 33.6 Å². The van der Waals surface area contributed by atoms with Gasteiger partial charge in [0.2, 0.25) is 5.91 Å². The summed E-state index contributed by atoms with van der Waals surface area (Å²) in [6.07, 6.45) is 0.0391. The van der Waals surface area contributed by atoms with Crippen LogP contribution >= 0.6 is 11.8 Å². The lowest BCUT2D eigenvalue weighted by Gasteiger charge is -2.36. The zero-order valence-electron chi connectivity index (χ0n) is 18.3. The lowest BCUT2D eigenvalue weighted by molar-refractivity contribution is -0.136. The first-order valence-electron chi connectivity index (χ1n) is 10.1. The molecule has 0 saturated heterocycles. The van der Waals surface area contributed by atoms with Crippen LogP contribution in [0.15, 0.2) is 75.9 Å². The summed E-state index contributed by atoms with van der Waals surface area (Å²) in [4.78, 5) is 32.0. The van der Waals surface area contributed by atoms with E-state index in [1.165, 1.54) is 43.1 Å². The summed E-state index contributed by atoms with van der Waals surface area (Å²) in [6, 6.07) is 12.4. The summed E-state index contributed by atoms with van der Waals surface area (Å²) in [6.45, 7) is 1.77. The van der Waals surface area contributed by atoms with Crippen LogP contribution in [-0.4, -0.2) is 36.2 Å². The van der Waals surface area contributed by atoms with Crippen molar-refractivity contribution in [2.75, 3.05) is 19.5 Å². The van der Waals surface area contributed by atoms with E-state index in [0.717, 1.165) is 5.56 Å². The molecule has 7 nitrogen and oxygen atoms in total. The second-order valence-corrected chi connectivity index (χ2v) is 8.23. The number of carbonyl (C=O) groups excluding carboxylic acids is 2. The molecule has 0 fully saturated rings. The van der Waals surface area contributed by atoms with Gasteiger partial charge in [0.15, 0.2) is 5.17 Å². The second kappa shape index (κ2) is 9.50. The van der Waals surface area contributed by atoms with Gasteiger partial charge in [0.1, 0.15) is 11.6 Å². The highest BCUT2D eigenvalue weighted by atomic mass is 32.2. The normalized spacial score (nSPS) is 17.2. The first-order valence-corrected chi connectivity index (χ1v) is 11.0. The standard InChI is InChI=1S/C24H22FN3O4S/c1-14-21(23(30)32-3)22(15-5-4-6-19(11-15)31-2)28-18(13-33-24(28)26-14)12-20(29)27-17-9-7-16(25)8-10-17/h4-11,13,22H,12H2,1-3H3,(H,27,29). The highest BCUT2D eigenvalue weighted by Gasteiger charge is 2.41. The van der Waals surface area contributed by atoms with E-state index < -0.39 is 12.0 Å². The van der Waals surface area contributed by atoms with Crippen LogP contribution in [0.5, 0.6) is 5.75 Å². The van der Waals surface area contributed by atoms with Gasteiger partial charge in [-0.15, -0.1) is 0 Å². The number of carbonyl (C=O) groups is 2. The number of amides is 1. The number of nitrogens with zero attached hydrogens (tertiary/aromatic N) is 2. The Labute approximate surface area is 195 Å². The molecule has 0 spiro atoms. The summed E-state index contributed by atoms with van der Waals surface area (Å²) < 4.78 is 23.6. The number of ether oxygens (including phenoxy) is 2. The van der Waals surface area contributed by atoms with Crippen molar-refractivity contribution in [2.45, 2.75) is 19.4 Å². The van der Waals surface area contributed by atoms with Crippen molar-refractivity contribution in [3.8, 4) is 5.75 Å². The molecule has 2 aromatic rings. The van der Waals surface area contributed by atoms with E-state index in [-0.39, 0.29) is 18.1 Å². The van der Waals surface area contributed by atoms with Crippen molar-refractivity contribution in [3.63, 3.8) is 0 Å². The third kappa shape index (κ3) is 4.63. The molecule has 1 unspecified atom stereocenters. The van der Waals surface area contributed by atoms with Crippen molar-refractivity contribution < 1.29 is 23.5 Å². The Hall–Kier alpha value is -3.59. The Morgan fingerprint density at radius 2 is 1.94 bits per heavy atom. The Kier molecular flexibility index (Phi) is 6.50. The first kappa shape index (κ1) is 22.6. The van der Waals surface area contributed by atoms with Crippen LogP contribution in [0, 0.1) is 5.82 Å². The first-order chi connectivity index (χ1) is 15.9. The number of anilines is 1. The third-order valence-corrected chi connectivity index (χ3v) is 6.17. The fourth-order valence-corrected chi connectivity index (χ4v) is 4.73. The molecule has 170 valence electrons. The van der Waals surface area contributed by atoms with Gasteiger partial charge in [-0.25, -0.2) is 14.2 Å². The summed E-state index contributed by atoms with van der Waals surface area (Å²) in [7, 11) is 2.90. The van der Waals surface area contributed by atoms with Crippen molar-refractivity contribution in [3.05, 3.63) is 82.3 Å². The number of aliphatic imine (C=N–C) groups is 1. The van der Waals surface area contributed by atoms with Crippen LogP contribution in [0.1, 0.15) is 24.9 Å². The molecule has 4 rings (SSSR count). The zero-order chi connectivity index (χ0) is 23.5. The van der Waals surface area contributed by atoms with Gasteiger partial charge in [0, 0.05) is 11.4 Å². The highest BCUT2D eigenvalue weighted by Crippen LogP contribution is 2.45. The summed E-state index contributed by atoms with van der Waals surface area (Å²) in [5.41, 5.74) is 2.92. The van der Waals surface area contributed by atoms with E-state index in [9.17, 15) is 14.0 Å². The molecular formula is C24H22FN3O4S. The van der Waals surface area contributed by atoms with E-state index in [1.54, 1.807) is 14.0 Å². The minimum absolute atomic E-state index is 0.0391. The molecule has 33 heavy (non-hydrogen) atoms. The Balaban J connectivity index is 1.67. The average Bonchev–Trinajstić information content (AvgIpc) is 3.20. The predicted molar refractivity (Wildman–Crippen MR) is 125 cm³/mol. The molecule has 9 heteroatoms. The van der Waals surface area contributed by atoms with Crippen LogP contribution in [0.4, 0.5) is 10.1 Å². The molecule has 2 aromatic carbocycles. The van der Waals surface area contributed by atoms with Crippen LogP contribution in [0.3, 0.4) is 0 Å². The van der Waals surface area contributed by atoms with Gasteiger partial charge in [-0.05, 0) is 54.3 Å². The van der Waals surface area contributed by atoms with Crippen molar-refractivity contribution in [1.82, 2.24) is 4.90 Å². The van der Waals surface area contributed by atoms with Gasteiger partial charge in [0.25, 0.3) is 0 Å². The number of methoxy groups -OCH3 is 2. The van der Waals surface area contributed by atoms with Gasteiger partial charge in [-0.1, -0.05) is 23.9 Å². The van der Waals surface area contributed by atoms with E-state index >= 15 is 0 Å². The number of rotatable bonds is 6. The molecule has 1 atom stereocenters. The van der Waals surface area contributed by atoms with Crippen LogP contribution in [0.25, 0.3) is 0 Å². The topological polar surface area (TPSA) is 80.2 Å². The van der Waals surface area contributed by atoms with E-state index in [4.69, 9.17) is 9.47 Å². The minimum atomic E-state index is -0.542. The fourth-order valence-electron chi connectivity index (χ4n) is 3.77. The number of thioether (sulfide) groups is 1. The quantitative estimate of drug-likeness (QED) is 0.625. The zero-order valence-corrected chi connectivity index (χ0v) is 19.1. The summed E-state index contributed by atoms with van der Waals surface area (Å²) >= 11 is 1.38. The van der Waals surface area contributed by atoms with Crippen molar-refractivity contribution in [2.24, 2.45) is 4.99 Å². The largest absolute Gasteiger partial charge is 0.497 e. The maximum atomic E-state index is 13.2. The number of hydrogen-bond acceptors (Lipinski definition) is 7. The highest BCUT2D eigenvalue weighted by molar-refractivity contribution is 8.16. The summed E-state index contributed by atoms with van der Waals surface area (Å²) in [5, 5.41) is 5.29. The molecular weight excluding hydrogens is 445 g/mol. The number of benzene rings is 2. The smallest absolute Gasteiger partial charge is 0.338 e. The lowest BCUT2D eigenvalue weighted by Crippen LogP contribution is -2.37. The number of nitrogens with one attached hydrogen (secondary N) is 1. The number of halogens is 1. The van der Waals surface area contributed by atoms with Gasteiger partial charge in [0.05, 0.1) is 38.0 Å². The molecule has 0 aromatic heterocycles. The molecule has 2 aliphatic rings. The monoisotopic (exact) mass is 467 g/mol. The number of allylic oxidation sites excluding steroid dienone is 1. The molecule has 1 amide bonds. The molecule has 0 bridgehead atoms. The third-order valence-electron chi connectivity index (χ3n) is 5.29. The molecule has 2 aliphatic heterocycles. The SMILES string of the molecule is COC(=O)C1=C(C)N=C2SC=C(CC(=O)Nc3ccc(F)cc3)N2C1c1cccc(OC)c1. The molecule has 2 heterocycles. The van der Waals surface area contributed by atoms with Gasteiger partial charge in [-0.3, -0.25) is 4.79 Å². The van der Waals surface area contributed by atoms with Crippen LogP contribution in [-0.2, 0) is 14.3 Å². The fraction of sp³-hybridized carbons (Fsp3) is 0.208. The van der Waals surface area contributed by atoms with Crippen molar-refractivity contribution in [1.29, 1.82) is 0 Å². The Morgan fingerprint density at radius 3 is 2.64 bits per heavy atom. The van der Waals surface area contributed by atoms with Gasteiger partial charge < -0.3 is 19.7 Å². The number of fused-ring (bicyclic) bond motifs is 1. The molecule has 0 aliphatic carbocycles. The predicted octanol–water partition coefficient (Wildman–Crippen LogP) is 4.61. The minimum Gasteiger partial charge on any atom is -0.497 e. The molecule has 0 radical (unpaired) electrons. The number of esters is 1. The number of amidine groups is 1. The lowest BCUT2D eigenvalue weighted by atomic mass is 9.93. The maximum Gasteiger partial charge on any atom is 0.338 e. The maximum absolute atomic E-state index is 13.2. The van der Waals surface area contributed by atoms with E-state index in [1.807, 2.05) is 34.6 Å². The van der Waals surface area contributed by atoms with E-state index in [2.05, 4.69) is 10.3 Å². The van der Waals surface area contributed by atoms with Gasteiger partial charge in [-0.2, -0.15) is 0 Å². The van der Waals surface area contributed by atoms with Crippen molar-refractivity contribution >= 4 is 34.5 Å². The Bertz CT molecular complexity index is 1190. The van der Waals surface area contributed by atoms with Gasteiger partial charge >= 0.3 is 5.97 Å². The van der Waals surface area contributed by atoms with Crippen LogP contribution in [0.2, 0.25) is 0 Å². The Morgan fingerprint density at radius 1 is 1.18 bits per heavy atom. The number of hydrogen-bond donors (Lipinski definition) is 1. The molecule has 0 saturated carbocycles. The second-order valence-electron chi connectivity index (χ2n) is 7.39. The van der Waals surface area contributed by atoms with Crippen LogP contribution < -0.4 is 10.1 Å². The molecule has 1 N–H and O–H groups in total. The average molecular weight is 468 g/mol.